The molecule has 0 saturated heterocycles. The Balaban J connectivity index is 2.38. The molecule has 0 spiro atoms. The number of hydrogen-bond acceptors (Lipinski definition) is 5. The highest BCUT2D eigenvalue weighted by Gasteiger charge is 2.10. The minimum Gasteiger partial charge on any atom is -0.385 e. The summed E-state index contributed by atoms with van der Waals surface area (Å²) >= 11 is 0. The summed E-state index contributed by atoms with van der Waals surface area (Å²) in [4.78, 5) is 11.8. The lowest BCUT2D eigenvalue weighted by Crippen LogP contribution is -2.28. The van der Waals surface area contributed by atoms with Crippen molar-refractivity contribution >= 4 is 21.4 Å². The van der Waals surface area contributed by atoms with Crippen molar-refractivity contribution in [3.8, 4) is 0 Å². The lowest BCUT2D eigenvalue weighted by molar-refractivity contribution is -0.121. The third-order valence-electron chi connectivity index (χ3n) is 2.90. The predicted molar refractivity (Wildman–Crippen MR) is 82.2 cm³/mol. The maximum absolute atomic E-state index is 11.7. The molecule has 6 nitrogen and oxygen atoms in total. The minimum atomic E-state index is -3.17. The number of carbonyl (C=O) groups is 1. The highest BCUT2D eigenvalue weighted by atomic mass is 32.2. The molecule has 0 heterocycles. The van der Waals surface area contributed by atoms with Crippen LogP contribution in [-0.2, 0) is 19.4 Å². The molecule has 1 aromatic rings. The normalized spacial score (nSPS) is 11.1. The first-order valence-electron chi connectivity index (χ1n) is 6.82. The van der Waals surface area contributed by atoms with Crippen molar-refractivity contribution < 1.29 is 17.9 Å². The van der Waals surface area contributed by atoms with Gasteiger partial charge in [-0.3, -0.25) is 4.79 Å². The fourth-order valence-electron chi connectivity index (χ4n) is 1.65. The molecule has 0 radical (unpaired) electrons. The second-order valence-electron chi connectivity index (χ2n) is 4.45. The summed E-state index contributed by atoms with van der Waals surface area (Å²) in [5, 5.41) is 5.80. The van der Waals surface area contributed by atoms with Crippen molar-refractivity contribution in [1.82, 2.24) is 5.32 Å². The Hall–Kier alpha value is -1.60. The van der Waals surface area contributed by atoms with Crippen LogP contribution in [0.3, 0.4) is 0 Å². The van der Waals surface area contributed by atoms with E-state index in [9.17, 15) is 13.2 Å². The smallest absolute Gasteiger partial charge is 0.221 e. The fraction of sp³-hybridized carbons (Fsp3) is 0.500. The Kier molecular flexibility index (Phi) is 7.18. The largest absolute Gasteiger partial charge is 0.385 e. The number of benzene rings is 1. The SMILES string of the molecule is CCS(=O)(=O)c1ccc(NCCC(=O)NCCOC)cc1. The van der Waals surface area contributed by atoms with Crippen molar-refractivity contribution in [2.75, 3.05) is 37.9 Å². The first-order valence-corrected chi connectivity index (χ1v) is 8.47. The molecule has 118 valence electrons. The van der Waals surface area contributed by atoms with Gasteiger partial charge < -0.3 is 15.4 Å². The summed E-state index contributed by atoms with van der Waals surface area (Å²) in [7, 11) is -1.59. The van der Waals surface area contributed by atoms with Crippen LogP contribution in [0.1, 0.15) is 13.3 Å². The molecule has 0 aliphatic heterocycles. The molecule has 0 atom stereocenters. The minimum absolute atomic E-state index is 0.0512. The number of carbonyl (C=O) groups excluding carboxylic acids is 1. The van der Waals surface area contributed by atoms with Gasteiger partial charge in [-0.1, -0.05) is 6.92 Å². The average Bonchev–Trinajstić information content (AvgIpc) is 2.48. The van der Waals surface area contributed by atoms with E-state index in [1.807, 2.05) is 0 Å². The number of nitrogens with one attached hydrogen (secondary N) is 2. The van der Waals surface area contributed by atoms with Crippen molar-refractivity contribution in [3.63, 3.8) is 0 Å². The molecular weight excluding hydrogens is 292 g/mol. The second-order valence-corrected chi connectivity index (χ2v) is 6.73. The van der Waals surface area contributed by atoms with Gasteiger partial charge in [-0.2, -0.15) is 0 Å². The number of anilines is 1. The van der Waals surface area contributed by atoms with E-state index in [1.54, 1.807) is 38.3 Å². The first-order chi connectivity index (χ1) is 9.99. The maximum Gasteiger partial charge on any atom is 0.221 e. The van der Waals surface area contributed by atoms with E-state index < -0.39 is 9.84 Å². The number of sulfone groups is 1. The standard InChI is InChI=1S/C14H22N2O4S/c1-3-21(18,19)13-6-4-12(5-7-13)15-9-8-14(17)16-10-11-20-2/h4-7,15H,3,8-11H2,1-2H3,(H,16,17). The van der Waals surface area contributed by atoms with Gasteiger partial charge in [0.2, 0.25) is 5.91 Å². The first kappa shape index (κ1) is 17.5. The van der Waals surface area contributed by atoms with Crippen LogP contribution in [0.5, 0.6) is 0 Å². The molecule has 2 N–H and O–H groups in total. The topological polar surface area (TPSA) is 84.5 Å². The molecule has 0 aliphatic rings. The summed E-state index contributed by atoms with van der Waals surface area (Å²) in [6, 6.07) is 6.54. The third-order valence-corrected chi connectivity index (χ3v) is 4.65. The summed E-state index contributed by atoms with van der Waals surface area (Å²) < 4.78 is 28.1. The van der Waals surface area contributed by atoms with E-state index in [2.05, 4.69) is 10.6 Å². The Bertz CT molecular complexity index is 541. The van der Waals surface area contributed by atoms with E-state index in [0.29, 0.717) is 31.0 Å². The van der Waals surface area contributed by atoms with E-state index in [4.69, 9.17) is 4.74 Å². The van der Waals surface area contributed by atoms with Crippen LogP contribution in [0.2, 0.25) is 0 Å². The van der Waals surface area contributed by atoms with Crippen molar-refractivity contribution in [1.29, 1.82) is 0 Å². The van der Waals surface area contributed by atoms with Crippen LogP contribution in [0, 0.1) is 0 Å². The molecule has 0 saturated carbocycles. The molecule has 7 heteroatoms. The Morgan fingerprint density at radius 1 is 1.19 bits per heavy atom. The van der Waals surface area contributed by atoms with Gasteiger partial charge in [-0.15, -0.1) is 0 Å². The highest BCUT2D eigenvalue weighted by molar-refractivity contribution is 7.91. The molecule has 0 unspecified atom stereocenters. The number of methoxy groups -OCH3 is 1. The number of hydrogen-bond donors (Lipinski definition) is 2. The summed E-state index contributed by atoms with van der Waals surface area (Å²) in [6.07, 6.45) is 0.346. The maximum atomic E-state index is 11.7. The van der Waals surface area contributed by atoms with E-state index >= 15 is 0 Å². The molecule has 1 amide bonds. The molecule has 0 bridgehead atoms. The van der Waals surface area contributed by atoms with E-state index in [-0.39, 0.29) is 11.7 Å². The predicted octanol–water partition coefficient (Wildman–Crippen LogP) is 1.04. The van der Waals surface area contributed by atoms with Crippen LogP contribution >= 0.6 is 0 Å². The number of ether oxygens (including phenoxy) is 1. The zero-order valence-electron chi connectivity index (χ0n) is 12.4. The van der Waals surface area contributed by atoms with Gasteiger partial charge in [0.25, 0.3) is 0 Å². The molecular formula is C14H22N2O4S. The highest BCUT2D eigenvalue weighted by Crippen LogP contribution is 2.15. The summed E-state index contributed by atoms with van der Waals surface area (Å²) in [6.45, 7) is 3.09. The molecule has 1 aromatic carbocycles. The van der Waals surface area contributed by atoms with Crippen LogP contribution in [0.15, 0.2) is 29.2 Å². The monoisotopic (exact) mass is 314 g/mol. The van der Waals surface area contributed by atoms with Crippen LogP contribution < -0.4 is 10.6 Å². The van der Waals surface area contributed by atoms with Gasteiger partial charge in [-0.05, 0) is 24.3 Å². The molecule has 21 heavy (non-hydrogen) atoms. The molecule has 0 aromatic heterocycles. The third kappa shape index (κ3) is 6.14. The Morgan fingerprint density at radius 3 is 2.43 bits per heavy atom. The van der Waals surface area contributed by atoms with Crippen molar-refractivity contribution in [2.24, 2.45) is 0 Å². The summed E-state index contributed by atoms with van der Waals surface area (Å²) in [5.74, 6) is 0.0336. The lowest BCUT2D eigenvalue weighted by Gasteiger charge is -2.08. The molecule has 1 rings (SSSR count). The van der Waals surface area contributed by atoms with Gasteiger partial charge >= 0.3 is 0 Å². The van der Waals surface area contributed by atoms with Crippen LogP contribution in [0.25, 0.3) is 0 Å². The van der Waals surface area contributed by atoms with Crippen LogP contribution in [0.4, 0.5) is 5.69 Å². The van der Waals surface area contributed by atoms with Gasteiger partial charge in [0, 0.05) is 32.3 Å². The number of amides is 1. The van der Waals surface area contributed by atoms with Gasteiger partial charge in [0.15, 0.2) is 9.84 Å². The second kappa shape index (κ2) is 8.63. The van der Waals surface area contributed by atoms with Crippen LogP contribution in [-0.4, -0.2) is 46.9 Å². The van der Waals surface area contributed by atoms with Crippen molar-refractivity contribution in [2.45, 2.75) is 18.2 Å². The fourth-order valence-corrected chi connectivity index (χ4v) is 2.53. The molecule has 0 aliphatic carbocycles. The van der Waals surface area contributed by atoms with E-state index in [1.165, 1.54) is 0 Å². The molecule has 0 fully saturated rings. The van der Waals surface area contributed by atoms with E-state index in [0.717, 1.165) is 5.69 Å². The zero-order valence-corrected chi connectivity index (χ0v) is 13.2. The summed E-state index contributed by atoms with van der Waals surface area (Å²) in [5.41, 5.74) is 0.787. The lowest BCUT2D eigenvalue weighted by atomic mass is 10.3. The Morgan fingerprint density at radius 2 is 1.86 bits per heavy atom. The zero-order chi connectivity index (χ0) is 15.7. The van der Waals surface area contributed by atoms with Gasteiger partial charge in [0.05, 0.1) is 17.3 Å². The quantitative estimate of drug-likeness (QED) is 0.665. The number of rotatable bonds is 9. The Labute approximate surface area is 125 Å². The van der Waals surface area contributed by atoms with Gasteiger partial charge in [-0.25, -0.2) is 8.42 Å². The average molecular weight is 314 g/mol. The van der Waals surface area contributed by atoms with Crippen molar-refractivity contribution in [3.05, 3.63) is 24.3 Å². The van der Waals surface area contributed by atoms with Gasteiger partial charge in [0.1, 0.15) is 0 Å².